The highest BCUT2D eigenvalue weighted by molar-refractivity contribution is 14.1. The monoisotopic (exact) mass is 388 g/mol. The van der Waals surface area contributed by atoms with Gasteiger partial charge in [-0.1, -0.05) is 6.07 Å². The molecule has 0 saturated carbocycles. The van der Waals surface area contributed by atoms with Crippen LogP contribution in [0.1, 0.15) is 26.3 Å². The maximum absolute atomic E-state index is 13.6. The molecule has 0 atom stereocenters. The number of hydrogen-bond donors (Lipinski definition) is 1. The number of rotatable bonds is 3. The molecule has 0 saturated heterocycles. The zero-order chi connectivity index (χ0) is 14.9. The lowest BCUT2D eigenvalue weighted by molar-refractivity contribution is 0.0697. The Bertz CT molecular complexity index is 693. The van der Waals surface area contributed by atoms with Gasteiger partial charge in [0.2, 0.25) is 0 Å². The average molecular weight is 388 g/mol. The molecule has 2 aromatic carbocycles. The summed E-state index contributed by atoms with van der Waals surface area (Å²) in [6, 6.07) is 6.95. The number of carbonyl (C=O) groups excluding carboxylic acids is 1. The zero-order valence-corrected chi connectivity index (χ0v) is 12.0. The van der Waals surface area contributed by atoms with E-state index in [9.17, 15) is 18.4 Å². The number of hydrogen-bond acceptors (Lipinski definition) is 2. The van der Waals surface area contributed by atoms with Crippen molar-refractivity contribution in [1.82, 2.24) is 0 Å². The predicted octanol–water partition coefficient (Wildman–Crippen LogP) is 3.50. The van der Waals surface area contributed by atoms with Gasteiger partial charge in [0.25, 0.3) is 0 Å². The Labute approximate surface area is 126 Å². The molecule has 0 aromatic heterocycles. The van der Waals surface area contributed by atoms with Crippen molar-refractivity contribution in [2.24, 2.45) is 0 Å². The maximum Gasteiger partial charge on any atom is 0.335 e. The van der Waals surface area contributed by atoms with Crippen LogP contribution in [-0.4, -0.2) is 16.9 Å². The summed E-state index contributed by atoms with van der Waals surface area (Å²) in [5.41, 5.74) is -0.854. The minimum atomic E-state index is -1.22. The first-order valence-electron chi connectivity index (χ1n) is 5.43. The van der Waals surface area contributed by atoms with Gasteiger partial charge < -0.3 is 5.11 Å². The number of aromatic carboxylic acids is 1. The second kappa shape index (κ2) is 5.66. The molecule has 2 rings (SSSR count). The Hall–Kier alpha value is -1.83. The molecule has 1 N–H and O–H groups in total. The van der Waals surface area contributed by atoms with Crippen molar-refractivity contribution in [3.8, 4) is 0 Å². The number of benzene rings is 2. The van der Waals surface area contributed by atoms with Gasteiger partial charge in [0.1, 0.15) is 11.6 Å². The highest BCUT2D eigenvalue weighted by atomic mass is 127. The molecule has 0 unspecified atom stereocenters. The van der Waals surface area contributed by atoms with Crippen molar-refractivity contribution in [3.05, 3.63) is 68.3 Å². The molecule has 20 heavy (non-hydrogen) atoms. The lowest BCUT2D eigenvalue weighted by Crippen LogP contribution is -2.10. The first-order chi connectivity index (χ1) is 9.41. The summed E-state index contributed by atoms with van der Waals surface area (Å²) < 4.78 is 27.6. The highest BCUT2D eigenvalue weighted by Gasteiger charge is 2.21. The van der Waals surface area contributed by atoms with Crippen LogP contribution in [0.25, 0.3) is 0 Å². The van der Waals surface area contributed by atoms with Crippen molar-refractivity contribution in [1.29, 1.82) is 0 Å². The first kappa shape index (κ1) is 14.6. The fraction of sp³-hybridized carbons (Fsp3) is 0. The molecule has 0 spiro atoms. The van der Waals surface area contributed by atoms with Gasteiger partial charge in [-0.2, -0.15) is 0 Å². The summed E-state index contributed by atoms with van der Waals surface area (Å²) in [7, 11) is 0. The Morgan fingerprint density at radius 2 is 1.65 bits per heavy atom. The third kappa shape index (κ3) is 2.69. The van der Waals surface area contributed by atoms with E-state index in [1.165, 1.54) is 12.1 Å². The van der Waals surface area contributed by atoms with E-state index in [-0.39, 0.29) is 11.1 Å². The van der Waals surface area contributed by atoms with Crippen LogP contribution in [0.3, 0.4) is 0 Å². The van der Waals surface area contributed by atoms with E-state index in [0.29, 0.717) is 3.57 Å². The van der Waals surface area contributed by atoms with Crippen molar-refractivity contribution < 1.29 is 23.5 Å². The quantitative estimate of drug-likeness (QED) is 0.647. The normalized spacial score (nSPS) is 10.3. The van der Waals surface area contributed by atoms with E-state index < -0.39 is 29.0 Å². The molecule has 0 radical (unpaired) electrons. The molecule has 0 amide bonds. The number of carboxylic acids is 1. The average Bonchev–Trinajstić information content (AvgIpc) is 2.38. The number of carboxylic acid groups (broad SMARTS) is 1. The summed E-state index contributed by atoms with van der Waals surface area (Å²) >= 11 is 1.81. The fourth-order valence-electron chi connectivity index (χ4n) is 1.68. The molecule has 0 aliphatic carbocycles. The number of ketones is 1. The molecule has 102 valence electrons. The van der Waals surface area contributed by atoms with Crippen LogP contribution in [0, 0.1) is 15.2 Å². The molecule has 0 aliphatic rings. The van der Waals surface area contributed by atoms with Crippen LogP contribution >= 0.6 is 22.6 Å². The van der Waals surface area contributed by atoms with Crippen LogP contribution in [0.15, 0.2) is 36.4 Å². The first-order valence-corrected chi connectivity index (χ1v) is 6.51. The van der Waals surface area contributed by atoms with E-state index >= 15 is 0 Å². The molecule has 0 bridgehead atoms. The van der Waals surface area contributed by atoms with E-state index in [0.717, 1.165) is 24.3 Å². The summed E-state index contributed by atoms with van der Waals surface area (Å²) in [5, 5.41) is 8.90. The van der Waals surface area contributed by atoms with Gasteiger partial charge in [-0.15, -0.1) is 0 Å². The summed E-state index contributed by atoms with van der Waals surface area (Å²) in [6.45, 7) is 0. The van der Waals surface area contributed by atoms with E-state index in [1.807, 2.05) is 22.6 Å². The number of carbonyl (C=O) groups is 2. The molecule has 0 heterocycles. The van der Waals surface area contributed by atoms with Crippen LogP contribution < -0.4 is 0 Å². The van der Waals surface area contributed by atoms with Crippen LogP contribution in [0.4, 0.5) is 8.78 Å². The van der Waals surface area contributed by atoms with Crippen molar-refractivity contribution in [3.63, 3.8) is 0 Å². The second-order valence-electron chi connectivity index (χ2n) is 3.93. The SMILES string of the molecule is O=C(O)c1ccc(I)c(C(=O)c2c(F)cccc2F)c1. The number of halogens is 3. The van der Waals surface area contributed by atoms with Gasteiger partial charge >= 0.3 is 5.97 Å². The summed E-state index contributed by atoms with van der Waals surface area (Å²) in [4.78, 5) is 23.1. The summed E-state index contributed by atoms with van der Waals surface area (Å²) in [6.07, 6.45) is 0. The van der Waals surface area contributed by atoms with Crippen molar-refractivity contribution >= 4 is 34.3 Å². The Kier molecular flexibility index (Phi) is 4.12. The minimum absolute atomic E-state index is 0.0468. The molecule has 6 heteroatoms. The summed E-state index contributed by atoms with van der Waals surface area (Å²) in [5.74, 6) is -4.06. The van der Waals surface area contributed by atoms with Gasteiger partial charge in [-0.3, -0.25) is 4.79 Å². The van der Waals surface area contributed by atoms with Crippen LogP contribution in [0.5, 0.6) is 0 Å². The third-order valence-electron chi connectivity index (χ3n) is 2.65. The fourth-order valence-corrected chi connectivity index (χ4v) is 2.26. The van der Waals surface area contributed by atoms with Crippen molar-refractivity contribution in [2.75, 3.05) is 0 Å². The van der Waals surface area contributed by atoms with E-state index in [1.54, 1.807) is 0 Å². The van der Waals surface area contributed by atoms with Gasteiger partial charge in [0.05, 0.1) is 11.1 Å². The van der Waals surface area contributed by atoms with E-state index in [4.69, 9.17) is 5.11 Å². The topological polar surface area (TPSA) is 54.4 Å². The van der Waals surface area contributed by atoms with Gasteiger partial charge in [-0.05, 0) is 52.9 Å². The maximum atomic E-state index is 13.6. The molecule has 2 aromatic rings. The zero-order valence-electron chi connectivity index (χ0n) is 9.86. The Balaban J connectivity index is 2.59. The minimum Gasteiger partial charge on any atom is -0.478 e. The van der Waals surface area contributed by atoms with Gasteiger partial charge in [-0.25, -0.2) is 13.6 Å². The van der Waals surface area contributed by atoms with Crippen LogP contribution in [0.2, 0.25) is 0 Å². The second-order valence-corrected chi connectivity index (χ2v) is 5.09. The lowest BCUT2D eigenvalue weighted by atomic mass is 10.0. The Morgan fingerprint density at radius 3 is 2.20 bits per heavy atom. The Morgan fingerprint density at radius 1 is 1.05 bits per heavy atom. The molecular formula is C14H7F2IO3. The standard InChI is InChI=1S/C14H7F2IO3/c15-9-2-1-3-10(16)12(9)13(18)8-6-7(14(19)20)4-5-11(8)17/h1-6H,(H,19,20). The largest absolute Gasteiger partial charge is 0.478 e. The van der Waals surface area contributed by atoms with Crippen molar-refractivity contribution in [2.45, 2.75) is 0 Å². The smallest absolute Gasteiger partial charge is 0.335 e. The van der Waals surface area contributed by atoms with Gasteiger partial charge in [0, 0.05) is 9.13 Å². The highest BCUT2D eigenvalue weighted by Crippen LogP contribution is 2.22. The molecule has 3 nitrogen and oxygen atoms in total. The molecular weight excluding hydrogens is 381 g/mol. The van der Waals surface area contributed by atoms with E-state index in [2.05, 4.69) is 0 Å². The third-order valence-corrected chi connectivity index (χ3v) is 3.59. The predicted molar refractivity (Wildman–Crippen MR) is 75.9 cm³/mol. The van der Waals surface area contributed by atoms with Crippen LogP contribution in [-0.2, 0) is 0 Å². The van der Waals surface area contributed by atoms with Gasteiger partial charge in [0.15, 0.2) is 5.78 Å². The molecule has 0 aliphatic heterocycles. The molecule has 0 fully saturated rings. The lowest BCUT2D eigenvalue weighted by Gasteiger charge is -2.07.